The molecule has 8 heteroatoms. The summed E-state index contributed by atoms with van der Waals surface area (Å²) in [5.74, 6) is -0.185. The van der Waals surface area contributed by atoms with Crippen LogP contribution in [0.4, 0.5) is 10.7 Å². The highest BCUT2D eigenvalue weighted by atomic mass is 32.1. The molecule has 1 aromatic rings. The van der Waals surface area contributed by atoms with Gasteiger partial charge in [-0.15, -0.1) is 11.3 Å². The van der Waals surface area contributed by atoms with Crippen LogP contribution in [0.25, 0.3) is 0 Å². The summed E-state index contributed by atoms with van der Waals surface area (Å²) in [6.07, 6.45) is -0.768. The lowest BCUT2D eigenvalue weighted by molar-refractivity contribution is -0.383. The number of hydrogen-bond acceptors (Lipinski definition) is 6. The first-order valence-corrected chi connectivity index (χ1v) is 7.20. The molecule has 20 heavy (non-hydrogen) atoms. The Bertz CT molecular complexity index is 487. The van der Waals surface area contributed by atoms with Gasteiger partial charge in [0.2, 0.25) is 5.91 Å². The monoisotopic (exact) mass is 301 g/mol. The predicted molar refractivity (Wildman–Crippen MR) is 78.2 cm³/mol. The minimum atomic E-state index is -0.768. The van der Waals surface area contributed by atoms with Crippen molar-refractivity contribution in [1.82, 2.24) is 5.32 Å². The van der Waals surface area contributed by atoms with Crippen LogP contribution in [0.5, 0.6) is 0 Å². The highest BCUT2D eigenvalue weighted by Crippen LogP contribution is 2.39. The SMILES string of the molecule is CCNC(=O)CN(CC)c1sc([C@H](C)O)cc1[N+](=O)[O-]. The third-order valence-corrected chi connectivity index (χ3v) is 4.05. The van der Waals surface area contributed by atoms with Crippen LogP contribution in [-0.4, -0.2) is 35.6 Å². The standard InChI is InChI=1S/C12H19N3O4S/c1-4-13-11(17)7-14(5-2)12-9(15(18)19)6-10(20-12)8(3)16/h6,8,16H,4-5,7H2,1-3H3,(H,13,17)/t8-/m0/s1. The Morgan fingerprint density at radius 2 is 2.25 bits per heavy atom. The molecule has 1 aromatic heterocycles. The maximum Gasteiger partial charge on any atom is 0.304 e. The molecule has 112 valence electrons. The van der Waals surface area contributed by atoms with E-state index in [1.54, 1.807) is 11.8 Å². The number of nitrogens with zero attached hydrogens (tertiary/aromatic N) is 2. The summed E-state index contributed by atoms with van der Waals surface area (Å²) in [7, 11) is 0. The van der Waals surface area contributed by atoms with E-state index in [9.17, 15) is 20.0 Å². The van der Waals surface area contributed by atoms with E-state index < -0.39 is 11.0 Å². The zero-order valence-electron chi connectivity index (χ0n) is 11.8. The lowest BCUT2D eigenvalue weighted by Crippen LogP contribution is -2.36. The Kier molecular flexibility index (Phi) is 5.90. The summed E-state index contributed by atoms with van der Waals surface area (Å²) in [6.45, 7) is 6.24. The molecule has 0 fully saturated rings. The van der Waals surface area contributed by atoms with Crippen LogP contribution in [0.3, 0.4) is 0 Å². The van der Waals surface area contributed by atoms with Crippen molar-refractivity contribution >= 4 is 27.9 Å². The molecular weight excluding hydrogens is 282 g/mol. The average Bonchev–Trinajstić information content (AvgIpc) is 2.81. The Balaban J connectivity index is 3.07. The highest BCUT2D eigenvalue weighted by molar-refractivity contribution is 7.16. The van der Waals surface area contributed by atoms with Crippen LogP contribution in [0.15, 0.2) is 6.07 Å². The molecule has 0 spiro atoms. The summed E-state index contributed by atoms with van der Waals surface area (Å²) < 4.78 is 0. The Morgan fingerprint density at radius 1 is 1.60 bits per heavy atom. The molecule has 0 saturated carbocycles. The molecule has 0 radical (unpaired) electrons. The second kappa shape index (κ2) is 7.20. The van der Waals surface area contributed by atoms with Crippen molar-refractivity contribution in [3.8, 4) is 0 Å². The van der Waals surface area contributed by atoms with Gasteiger partial charge in [-0.05, 0) is 20.8 Å². The zero-order chi connectivity index (χ0) is 15.3. The van der Waals surface area contributed by atoms with Crippen molar-refractivity contribution in [2.24, 2.45) is 0 Å². The molecule has 0 aliphatic rings. The Labute approximate surface area is 121 Å². The molecule has 2 N–H and O–H groups in total. The van der Waals surface area contributed by atoms with Gasteiger partial charge in [0.1, 0.15) is 0 Å². The number of carbonyl (C=O) groups is 1. The second-order valence-electron chi connectivity index (χ2n) is 4.24. The van der Waals surface area contributed by atoms with Gasteiger partial charge in [-0.3, -0.25) is 14.9 Å². The molecule has 1 heterocycles. The van der Waals surface area contributed by atoms with E-state index in [-0.39, 0.29) is 18.1 Å². The van der Waals surface area contributed by atoms with Gasteiger partial charge in [-0.1, -0.05) is 0 Å². The predicted octanol–water partition coefficient (Wildman–Crippen LogP) is 1.67. The molecule has 1 atom stereocenters. The summed E-state index contributed by atoms with van der Waals surface area (Å²) >= 11 is 1.14. The number of aliphatic hydroxyl groups is 1. The number of hydrogen-bond donors (Lipinski definition) is 2. The summed E-state index contributed by atoms with van der Waals surface area (Å²) in [4.78, 5) is 24.4. The molecule has 0 bridgehead atoms. The van der Waals surface area contributed by atoms with Gasteiger partial charge < -0.3 is 15.3 Å². The molecule has 0 aromatic carbocycles. The van der Waals surface area contributed by atoms with Crippen molar-refractivity contribution in [1.29, 1.82) is 0 Å². The fourth-order valence-electron chi connectivity index (χ4n) is 1.71. The quantitative estimate of drug-likeness (QED) is 0.590. The Hall–Kier alpha value is -1.67. The number of aliphatic hydroxyl groups excluding tert-OH is 1. The summed E-state index contributed by atoms with van der Waals surface area (Å²) in [6, 6.07) is 1.37. The third kappa shape index (κ3) is 3.91. The first-order valence-electron chi connectivity index (χ1n) is 6.38. The van der Waals surface area contributed by atoms with Crippen LogP contribution < -0.4 is 10.2 Å². The van der Waals surface area contributed by atoms with Crippen molar-refractivity contribution < 1.29 is 14.8 Å². The minimum Gasteiger partial charge on any atom is -0.388 e. The first-order chi connectivity index (χ1) is 9.40. The van der Waals surface area contributed by atoms with Gasteiger partial charge in [0.25, 0.3) is 0 Å². The molecular formula is C12H19N3O4S. The summed E-state index contributed by atoms with van der Waals surface area (Å²) in [5.41, 5.74) is -0.0722. The summed E-state index contributed by atoms with van der Waals surface area (Å²) in [5, 5.41) is 23.7. The van der Waals surface area contributed by atoms with Gasteiger partial charge in [0, 0.05) is 24.0 Å². The maximum atomic E-state index is 11.6. The minimum absolute atomic E-state index is 0.0605. The van der Waals surface area contributed by atoms with Gasteiger partial charge in [0.15, 0.2) is 5.00 Å². The molecule has 1 rings (SSSR count). The molecule has 0 saturated heterocycles. The fraction of sp³-hybridized carbons (Fsp3) is 0.583. The van der Waals surface area contributed by atoms with Gasteiger partial charge in [-0.25, -0.2) is 0 Å². The molecule has 0 aliphatic carbocycles. The van der Waals surface area contributed by atoms with E-state index in [0.29, 0.717) is 23.0 Å². The first kappa shape index (κ1) is 16.4. The van der Waals surface area contributed by atoms with Crippen LogP contribution >= 0.6 is 11.3 Å². The van der Waals surface area contributed by atoms with Crippen molar-refractivity contribution in [3.05, 3.63) is 21.1 Å². The van der Waals surface area contributed by atoms with E-state index in [1.807, 2.05) is 13.8 Å². The number of anilines is 1. The topological polar surface area (TPSA) is 95.7 Å². The van der Waals surface area contributed by atoms with E-state index in [2.05, 4.69) is 5.32 Å². The van der Waals surface area contributed by atoms with Crippen LogP contribution in [0.2, 0.25) is 0 Å². The van der Waals surface area contributed by atoms with Crippen molar-refractivity contribution in [2.75, 3.05) is 24.5 Å². The number of rotatable bonds is 7. The Morgan fingerprint density at radius 3 is 2.70 bits per heavy atom. The number of nitrogens with one attached hydrogen (secondary N) is 1. The maximum absolute atomic E-state index is 11.6. The lowest BCUT2D eigenvalue weighted by atomic mass is 10.3. The smallest absolute Gasteiger partial charge is 0.304 e. The number of amides is 1. The van der Waals surface area contributed by atoms with Crippen molar-refractivity contribution in [2.45, 2.75) is 26.9 Å². The van der Waals surface area contributed by atoms with Gasteiger partial charge >= 0.3 is 5.69 Å². The van der Waals surface area contributed by atoms with Crippen LogP contribution in [0.1, 0.15) is 31.8 Å². The average molecular weight is 301 g/mol. The fourth-order valence-corrected chi connectivity index (χ4v) is 2.83. The number of nitro groups is 1. The molecule has 0 unspecified atom stereocenters. The molecule has 7 nitrogen and oxygen atoms in total. The highest BCUT2D eigenvalue weighted by Gasteiger charge is 2.25. The normalized spacial score (nSPS) is 12.0. The number of thiophene rings is 1. The van der Waals surface area contributed by atoms with Crippen LogP contribution in [0, 0.1) is 10.1 Å². The second-order valence-corrected chi connectivity index (χ2v) is 5.30. The molecule has 0 aliphatic heterocycles. The van der Waals surface area contributed by atoms with E-state index in [1.165, 1.54) is 6.07 Å². The lowest BCUT2D eigenvalue weighted by Gasteiger charge is -2.19. The van der Waals surface area contributed by atoms with E-state index >= 15 is 0 Å². The number of likely N-dealkylation sites (N-methyl/N-ethyl adjacent to an activating group) is 2. The van der Waals surface area contributed by atoms with Gasteiger partial charge in [-0.2, -0.15) is 0 Å². The number of carbonyl (C=O) groups excluding carboxylic acids is 1. The third-order valence-electron chi connectivity index (χ3n) is 2.70. The molecule has 1 amide bonds. The van der Waals surface area contributed by atoms with E-state index in [0.717, 1.165) is 11.3 Å². The van der Waals surface area contributed by atoms with E-state index in [4.69, 9.17) is 0 Å². The van der Waals surface area contributed by atoms with Crippen LogP contribution in [-0.2, 0) is 4.79 Å². The van der Waals surface area contributed by atoms with Gasteiger partial charge in [0.05, 0.1) is 17.6 Å². The largest absolute Gasteiger partial charge is 0.388 e. The van der Waals surface area contributed by atoms with Crippen molar-refractivity contribution in [3.63, 3.8) is 0 Å². The zero-order valence-corrected chi connectivity index (χ0v) is 12.6.